The van der Waals surface area contributed by atoms with Crippen molar-refractivity contribution in [1.29, 1.82) is 0 Å². The fourth-order valence-corrected chi connectivity index (χ4v) is 4.72. The minimum atomic E-state index is -0.830. The van der Waals surface area contributed by atoms with Gasteiger partial charge in [0.1, 0.15) is 0 Å². The van der Waals surface area contributed by atoms with Crippen LogP contribution >= 0.6 is 11.3 Å². The minimum absolute atomic E-state index is 0.0467. The van der Waals surface area contributed by atoms with Gasteiger partial charge in [0.2, 0.25) is 0 Å². The van der Waals surface area contributed by atoms with Gasteiger partial charge in [0, 0.05) is 36.6 Å². The lowest BCUT2D eigenvalue weighted by Gasteiger charge is -2.38. The zero-order valence-electron chi connectivity index (χ0n) is 18.1. The molecule has 1 aliphatic rings. The SMILES string of the molecule is CCOC(=O)CN1CCC(N(CCC(=O)O)c2nc(-c3ccc(C=NN)cc3)cs2)CC1. The molecule has 1 aliphatic heterocycles. The molecule has 172 valence electrons. The molecule has 3 N–H and O–H groups in total. The van der Waals surface area contributed by atoms with Crippen LogP contribution in [0.2, 0.25) is 0 Å². The lowest BCUT2D eigenvalue weighted by molar-refractivity contribution is -0.144. The minimum Gasteiger partial charge on any atom is -0.481 e. The van der Waals surface area contributed by atoms with Gasteiger partial charge >= 0.3 is 11.9 Å². The van der Waals surface area contributed by atoms with Crippen LogP contribution < -0.4 is 10.7 Å². The maximum Gasteiger partial charge on any atom is 0.320 e. The van der Waals surface area contributed by atoms with Crippen LogP contribution in [0.4, 0.5) is 5.13 Å². The van der Waals surface area contributed by atoms with E-state index in [0.29, 0.717) is 19.7 Å². The van der Waals surface area contributed by atoms with E-state index < -0.39 is 5.97 Å². The molecule has 1 fully saturated rings. The number of thiazole rings is 1. The van der Waals surface area contributed by atoms with Crippen molar-refractivity contribution in [1.82, 2.24) is 9.88 Å². The van der Waals surface area contributed by atoms with Crippen molar-refractivity contribution in [2.24, 2.45) is 10.9 Å². The lowest BCUT2D eigenvalue weighted by atomic mass is 10.0. The number of aliphatic carboxylic acids is 1. The second-order valence-electron chi connectivity index (χ2n) is 7.56. The van der Waals surface area contributed by atoms with Crippen molar-refractivity contribution >= 4 is 34.6 Å². The van der Waals surface area contributed by atoms with E-state index in [1.54, 1.807) is 13.1 Å². The van der Waals surface area contributed by atoms with Gasteiger partial charge in [0.15, 0.2) is 5.13 Å². The molecule has 0 saturated carbocycles. The van der Waals surface area contributed by atoms with Crippen molar-refractivity contribution in [2.45, 2.75) is 32.2 Å². The van der Waals surface area contributed by atoms with Crippen LogP contribution in [0.1, 0.15) is 31.7 Å². The van der Waals surface area contributed by atoms with Crippen LogP contribution in [0.3, 0.4) is 0 Å². The van der Waals surface area contributed by atoms with Gasteiger partial charge in [-0.1, -0.05) is 24.3 Å². The molecule has 0 bridgehead atoms. The Hall–Kier alpha value is -2.98. The summed E-state index contributed by atoms with van der Waals surface area (Å²) in [6.07, 6.45) is 3.30. The highest BCUT2D eigenvalue weighted by molar-refractivity contribution is 7.14. The molecule has 1 saturated heterocycles. The Bertz CT molecular complexity index is 923. The number of aromatic nitrogens is 1. The second kappa shape index (κ2) is 11.6. The lowest BCUT2D eigenvalue weighted by Crippen LogP contribution is -2.47. The van der Waals surface area contributed by atoms with Crippen LogP contribution in [0.25, 0.3) is 11.3 Å². The van der Waals surface area contributed by atoms with Crippen LogP contribution in [0.15, 0.2) is 34.7 Å². The van der Waals surface area contributed by atoms with Crippen molar-refractivity contribution in [3.63, 3.8) is 0 Å². The number of likely N-dealkylation sites (tertiary alicyclic amines) is 1. The zero-order chi connectivity index (χ0) is 22.9. The highest BCUT2D eigenvalue weighted by Gasteiger charge is 2.28. The Kier molecular flexibility index (Phi) is 8.57. The van der Waals surface area contributed by atoms with Gasteiger partial charge in [0.25, 0.3) is 0 Å². The zero-order valence-corrected chi connectivity index (χ0v) is 19.0. The molecular weight excluding hydrogens is 430 g/mol. The van der Waals surface area contributed by atoms with Crippen LogP contribution in [0, 0.1) is 0 Å². The van der Waals surface area contributed by atoms with Crippen LogP contribution in [-0.2, 0) is 14.3 Å². The Morgan fingerprint density at radius 2 is 2.06 bits per heavy atom. The molecule has 3 rings (SSSR count). The maximum atomic E-state index is 11.8. The first-order valence-corrected chi connectivity index (χ1v) is 11.5. The molecule has 0 aliphatic carbocycles. The summed E-state index contributed by atoms with van der Waals surface area (Å²) in [5, 5.41) is 15.6. The number of carbonyl (C=O) groups excluding carboxylic acids is 1. The van der Waals surface area contributed by atoms with E-state index in [4.69, 9.17) is 15.6 Å². The van der Waals surface area contributed by atoms with E-state index in [-0.39, 0.29) is 18.4 Å². The normalized spacial score (nSPS) is 15.2. The first-order valence-electron chi connectivity index (χ1n) is 10.7. The Balaban J connectivity index is 1.70. The quantitative estimate of drug-likeness (QED) is 0.240. The number of hydrogen-bond donors (Lipinski definition) is 2. The predicted molar refractivity (Wildman–Crippen MR) is 125 cm³/mol. The number of benzene rings is 1. The molecule has 0 amide bonds. The standard InChI is InChI=1S/C22H29N5O4S/c1-2-31-21(30)14-26-10-7-18(8-11-26)27(12-9-20(28)29)22-25-19(15-32-22)17-5-3-16(4-6-17)13-24-23/h3-6,13,15,18H,2,7-12,14,23H2,1H3,(H,28,29). The number of rotatable bonds is 10. The van der Waals surface area contributed by atoms with Gasteiger partial charge < -0.3 is 20.6 Å². The Morgan fingerprint density at radius 3 is 2.69 bits per heavy atom. The number of nitrogens with two attached hydrogens (primary N) is 1. The number of ether oxygens (including phenoxy) is 1. The van der Waals surface area contributed by atoms with Gasteiger partial charge in [0.05, 0.1) is 31.5 Å². The molecule has 10 heteroatoms. The van der Waals surface area contributed by atoms with Crippen molar-refractivity contribution in [3.8, 4) is 11.3 Å². The summed E-state index contributed by atoms with van der Waals surface area (Å²) in [6, 6.07) is 7.95. The Morgan fingerprint density at radius 1 is 1.34 bits per heavy atom. The fourth-order valence-electron chi connectivity index (χ4n) is 3.78. The topological polar surface area (TPSA) is 121 Å². The molecule has 1 aromatic heterocycles. The van der Waals surface area contributed by atoms with Crippen molar-refractivity contribution in [2.75, 3.05) is 37.7 Å². The number of carbonyl (C=O) groups is 2. The van der Waals surface area contributed by atoms with Crippen molar-refractivity contribution in [3.05, 3.63) is 35.2 Å². The van der Waals surface area contributed by atoms with Gasteiger partial charge in [-0.15, -0.1) is 11.3 Å². The summed E-state index contributed by atoms with van der Waals surface area (Å²) in [4.78, 5) is 32.0. The third-order valence-corrected chi connectivity index (χ3v) is 6.27. The summed E-state index contributed by atoms with van der Waals surface area (Å²) in [7, 11) is 0. The van der Waals surface area contributed by atoms with Crippen LogP contribution in [0.5, 0.6) is 0 Å². The number of hydrazone groups is 1. The third kappa shape index (κ3) is 6.51. The van der Waals surface area contributed by atoms with Crippen molar-refractivity contribution < 1.29 is 19.4 Å². The molecule has 0 radical (unpaired) electrons. The molecule has 0 unspecified atom stereocenters. The summed E-state index contributed by atoms with van der Waals surface area (Å²) >= 11 is 1.52. The van der Waals surface area contributed by atoms with E-state index in [1.165, 1.54) is 11.3 Å². The summed E-state index contributed by atoms with van der Waals surface area (Å²) < 4.78 is 5.04. The number of carboxylic acids is 1. The van der Waals surface area contributed by atoms with E-state index in [9.17, 15) is 14.7 Å². The van der Waals surface area contributed by atoms with Gasteiger partial charge in [-0.2, -0.15) is 5.10 Å². The number of carboxylic acid groups (broad SMARTS) is 1. The summed E-state index contributed by atoms with van der Waals surface area (Å²) in [5.41, 5.74) is 2.73. The molecule has 0 atom stereocenters. The first kappa shape index (κ1) is 23.7. The largest absolute Gasteiger partial charge is 0.481 e. The van der Waals surface area contributed by atoms with Gasteiger partial charge in [-0.25, -0.2) is 4.98 Å². The predicted octanol–water partition coefficient (Wildman–Crippen LogP) is 2.41. The fraction of sp³-hybridized carbons (Fsp3) is 0.455. The number of nitrogens with zero attached hydrogens (tertiary/aromatic N) is 4. The van der Waals surface area contributed by atoms with E-state index >= 15 is 0 Å². The van der Waals surface area contributed by atoms with E-state index in [2.05, 4.69) is 14.9 Å². The monoisotopic (exact) mass is 459 g/mol. The summed E-state index contributed by atoms with van der Waals surface area (Å²) in [6.45, 7) is 4.40. The number of piperidine rings is 1. The van der Waals surface area contributed by atoms with E-state index in [1.807, 2.05) is 29.6 Å². The molecular formula is C22H29N5O4S. The van der Waals surface area contributed by atoms with Gasteiger partial charge in [-0.3, -0.25) is 14.5 Å². The molecule has 32 heavy (non-hydrogen) atoms. The van der Waals surface area contributed by atoms with Gasteiger partial charge in [-0.05, 0) is 25.3 Å². The molecule has 9 nitrogen and oxygen atoms in total. The highest BCUT2D eigenvalue weighted by atomic mass is 32.1. The number of hydrogen-bond acceptors (Lipinski definition) is 9. The molecule has 2 heterocycles. The molecule has 2 aromatic rings. The number of esters is 1. The average molecular weight is 460 g/mol. The Labute approximate surface area is 191 Å². The highest BCUT2D eigenvalue weighted by Crippen LogP contribution is 2.31. The van der Waals surface area contributed by atoms with Crippen LogP contribution in [-0.4, -0.2) is 72.0 Å². The first-order chi connectivity index (χ1) is 15.5. The smallest absolute Gasteiger partial charge is 0.320 e. The number of anilines is 1. The van der Waals surface area contributed by atoms with E-state index in [0.717, 1.165) is 47.9 Å². The molecule has 1 aromatic carbocycles. The second-order valence-corrected chi connectivity index (χ2v) is 8.40. The third-order valence-electron chi connectivity index (χ3n) is 5.39. The summed E-state index contributed by atoms with van der Waals surface area (Å²) in [5.74, 6) is 4.16. The molecule has 0 spiro atoms. The maximum absolute atomic E-state index is 11.8. The average Bonchev–Trinajstić information content (AvgIpc) is 3.26.